The van der Waals surface area contributed by atoms with Crippen LogP contribution in [-0.2, 0) is 16.0 Å². The largest absolute Gasteiger partial charge is 0.488 e. The van der Waals surface area contributed by atoms with Crippen molar-refractivity contribution in [3.05, 3.63) is 29.8 Å². The van der Waals surface area contributed by atoms with E-state index < -0.39 is 17.8 Å². The van der Waals surface area contributed by atoms with Gasteiger partial charge in [0.1, 0.15) is 11.9 Å². The van der Waals surface area contributed by atoms with Gasteiger partial charge in [0.05, 0.1) is 6.54 Å². The Hall–Kier alpha value is -2.77. The van der Waals surface area contributed by atoms with Crippen LogP contribution in [0.3, 0.4) is 0 Å². The summed E-state index contributed by atoms with van der Waals surface area (Å²) in [5.74, 6) is -0.816. The zero-order valence-electron chi connectivity index (χ0n) is 12.4. The van der Waals surface area contributed by atoms with Gasteiger partial charge >= 0.3 is 17.8 Å². The van der Waals surface area contributed by atoms with Crippen molar-refractivity contribution < 1.29 is 19.1 Å². The van der Waals surface area contributed by atoms with Crippen molar-refractivity contribution in [3.63, 3.8) is 0 Å². The zero-order chi connectivity index (χ0) is 16.2. The summed E-state index contributed by atoms with van der Waals surface area (Å²) in [6, 6.07) is 7.18. The van der Waals surface area contributed by atoms with Crippen molar-refractivity contribution in [2.24, 2.45) is 0 Å². The average Bonchev–Trinajstić information content (AvgIpc) is 3.26. The Balaban J connectivity index is 1.34. The molecule has 1 atom stereocenters. The van der Waals surface area contributed by atoms with E-state index in [0.29, 0.717) is 13.0 Å². The first-order valence-corrected chi connectivity index (χ1v) is 7.51. The number of hydrogen-bond acceptors (Lipinski definition) is 4. The Morgan fingerprint density at radius 2 is 1.87 bits per heavy atom. The molecule has 1 unspecified atom stereocenters. The van der Waals surface area contributed by atoms with Crippen LogP contribution >= 0.6 is 0 Å². The predicted octanol–water partition coefficient (Wildman–Crippen LogP) is -0.401. The Morgan fingerprint density at radius 1 is 1.09 bits per heavy atom. The normalized spacial score (nSPS) is 18.3. The van der Waals surface area contributed by atoms with E-state index in [1.807, 2.05) is 24.3 Å². The predicted molar refractivity (Wildman–Crippen MR) is 80.4 cm³/mol. The minimum Gasteiger partial charge on any atom is -0.488 e. The van der Waals surface area contributed by atoms with E-state index >= 15 is 0 Å². The number of urea groups is 1. The van der Waals surface area contributed by atoms with Gasteiger partial charge in [0.2, 0.25) is 0 Å². The molecule has 3 rings (SSSR count). The van der Waals surface area contributed by atoms with Gasteiger partial charge in [0, 0.05) is 12.5 Å². The molecule has 0 aromatic heterocycles. The number of nitrogens with one attached hydrogen (secondary N) is 4. The number of carbonyl (C=O) groups is 3. The van der Waals surface area contributed by atoms with E-state index in [4.69, 9.17) is 4.74 Å². The summed E-state index contributed by atoms with van der Waals surface area (Å²) in [6.07, 6.45) is 2.34. The first-order valence-electron chi connectivity index (χ1n) is 7.51. The SMILES string of the molecule is O=C(NCC1Cc2ccccc2O1)NNC(=O)C(=O)NC1CC1. The second kappa shape index (κ2) is 6.55. The van der Waals surface area contributed by atoms with E-state index in [1.54, 1.807) is 0 Å². The quantitative estimate of drug-likeness (QED) is 0.449. The number of hydrogen-bond donors (Lipinski definition) is 4. The van der Waals surface area contributed by atoms with Crippen LogP contribution in [-0.4, -0.2) is 36.5 Å². The highest BCUT2D eigenvalue weighted by Gasteiger charge is 2.26. The summed E-state index contributed by atoms with van der Waals surface area (Å²) in [6.45, 7) is 0.296. The fraction of sp³-hybridized carbons (Fsp3) is 0.400. The molecule has 0 radical (unpaired) electrons. The van der Waals surface area contributed by atoms with Crippen LogP contribution in [0.2, 0.25) is 0 Å². The van der Waals surface area contributed by atoms with E-state index in [1.165, 1.54) is 0 Å². The van der Waals surface area contributed by atoms with Crippen molar-refractivity contribution in [2.45, 2.75) is 31.4 Å². The number of amides is 4. The number of carbonyl (C=O) groups excluding carboxylic acids is 3. The molecule has 122 valence electrons. The Morgan fingerprint density at radius 3 is 2.61 bits per heavy atom. The van der Waals surface area contributed by atoms with Crippen LogP contribution in [0.4, 0.5) is 4.79 Å². The lowest BCUT2D eigenvalue weighted by atomic mass is 10.1. The van der Waals surface area contributed by atoms with Crippen molar-refractivity contribution >= 4 is 17.8 Å². The maximum absolute atomic E-state index is 11.6. The van der Waals surface area contributed by atoms with Gasteiger partial charge in [-0.1, -0.05) is 18.2 Å². The molecule has 1 aliphatic heterocycles. The van der Waals surface area contributed by atoms with Crippen LogP contribution < -0.4 is 26.2 Å². The number of fused-ring (bicyclic) bond motifs is 1. The fourth-order valence-electron chi connectivity index (χ4n) is 2.27. The van der Waals surface area contributed by atoms with E-state index in [2.05, 4.69) is 21.5 Å². The van der Waals surface area contributed by atoms with Gasteiger partial charge in [-0.15, -0.1) is 0 Å². The molecule has 1 saturated carbocycles. The Bertz CT molecular complexity index is 605. The minimum absolute atomic E-state index is 0.0863. The molecule has 2 aliphatic rings. The fourth-order valence-corrected chi connectivity index (χ4v) is 2.27. The third kappa shape index (κ3) is 4.12. The van der Waals surface area contributed by atoms with Crippen LogP contribution in [0.1, 0.15) is 18.4 Å². The number of hydrazine groups is 1. The molecule has 0 saturated heterocycles. The lowest BCUT2D eigenvalue weighted by molar-refractivity contribution is -0.139. The molecule has 1 aromatic carbocycles. The molecule has 8 nitrogen and oxygen atoms in total. The monoisotopic (exact) mass is 318 g/mol. The molecule has 4 N–H and O–H groups in total. The molecule has 1 aromatic rings. The first-order chi connectivity index (χ1) is 11.1. The molecular weight excluding hydrogens is 300 g/mol. The third-order valence-corrected chi connectivity index (χ3v) is 3.61. The minimum atomic E-state index is -0.892. The van der Waals surface area contributed by atoms with Gasteiger partial charge < -0.3 is 15.4 Å². The van der Waals surface area contributed by atoms with Gasteiger partial charge in [-0.3, -0.25) is 15.0 Å². The molecule has 4 amide bonds. The first kappa shape index (κ1) is 15.1. The molecular formula is C15H18N4O4. The van der Waals surface area contributed by atoms with Gasteiger partial charge in [-0.2, -0.15) is 0 Å². The smallest absolute Gasteiger partial charge is 0.333 e. The average molecular weight is 318 g/mol. The molecule has 23 heavy (non-hydrogen) atoms. The van der Waals surface area contributed by atoms with E-state index in [-0.39, 0.29) is 12.1 Å². The zero-order valence-corrected chi connectivity index (χ0v) is 12.4. The highest BCUT2D eigenvalue weighted by Crippen LogP contribution is 2.27. The Kier molecular flexibility index (Phi) is 4.31. The van der Waals surface area contributed by atoms with Crippen molar-refractivity contribution in [1.82, 2.24) is 21.5 Å². The summed E-state index contributed by atoms with van der Waals surface area (Å²) >= 11 is 0. The van der Waals surface area contributed by atoms with Gasteiger partial charge in [-0.05, 0) is 24.5 Å². The lowest BCUT2D eigenvalue weighted by Gasteiger charge is -2.13. The third-order valence-electron chi connectivity index (χ3n) is 3.61. The highest BCUT2D eigenvalue weighted by molar-refractivity contribution is 6.35. The highest BCUT2D eigenvalue weighted by atomic mass is 16.5. The van der Waals surface area contributed by atoms with Gasteiger partial charge in [0.15, 0.2) is 0 Å². The molecule has 1 heterocycles. The number of para-hydroxylation sites is 1. The van der Waals surface area contributed by atoms with Gasteiger partial charge in [-0.25, -0.2) is 10.2 Å². The second-order valence-corrected chi connectivity index (χ2v) is 5.59. The number of rotatable bonds is 3. The summed E-state index contributed by atoms with van der Waals surface area (Å²) in [5, 5.41) is 5.11. The van der Waals surface area contributed by atoms with Crippen LogP contribution in [0.5, 0.6) is 5.75 Å². The standard InChI is InChI=1S/C15H18N4O4/c20-13(17-10-5-6-10)14(21)18-19-15(22)16-8-11-7-9-3-1-2-4-12(9)23-11/h1-4,10-11H,5-8H2,(H,17,20)(H,18,21)(H2,16,19,22). The maximum Gasteiger partial charge on any atom is 0.333 e. The molecule has 0 spiro atoms. The summed E-state index contributed by atoms with van der Waals surface area (Å²) < 4.78 is 5.68. The van der Waals surface area contributed by atoms with Crippen molar-refractivity contribution in [1.29, 1.82) is 0 Å². The van der Waals surface area contributed by atoms with Crippen LogP contribution in [0, 0.1) is 0 Å². The summed E-state index contributed by atoms with van der Waals surface area (Å²) in [4.78, 5) is 34.4. The molecule has 8 heteroatoms. The van der Waals surface area contributed by atoms with E-state index in [0.717, 1.165) is 24.2 Å². The summed E-state index contributed by atoms with van der Waals surface area (Å²) in [5.41, 5.74) is 5.29. The van der Waals surface area contributed by atoms with E-state index in [9.17, 15) is 14.4 Å². The van der Waals surface area contributed by atoms with Crippen LogP contribution in [0.25, 0.3) is 0 Å². The van der Waals surface area contributed by atoms with Crippen molar-refractivity contribution in [3.8, 4) is 5.75 Å². The second-order valence-electron chi connectivity index (χ2n) is 5.59. The van der Waals surface area contributed by atoms with Crippen molar-refractivity contribution in [2.75, 3.05) is 6.54 Å². The maximum atomic E-state index is 11.6. The molecule has 0 bridgehead atoms. The molecule has 1 aliphatic carbocycles. The Labute approximate surface area is 132 Å². The number of ether oxygens (including phenoxy) is 1. The number of benzene rings is 1. The van der Waals surface area contributed by atoms with Gasteiger partial charge in [0.25, 0.3) is 0 Å². The molecule has 1 fully saturated rings. The van der Waals surface area contributed by atoms with Crippen LogP contribution in [0.15, 0.2) is 24.3 Å². The lowest BCUT2D eigenvalue weighted by Crippen LogP contribution is -2.52. The topological polar surface area (TPSA) is 109 Å². The summed E-state index contributed by atoms with van der Waals surface area (Å²) in [7, 11) is 0.